The Hall–Kier alpha value is -2.78. The van der Waals surface area contributed by atoms with Crippen molar-refractivity contribution in [3.8, 4) is 5.75 Å². The van der Waals surface area contributed by atoms with Crippen LogP contribution in [0, 0.1) is 12.7 Å². The van der Waals surface area contributed by atoms with Crippen molar-refractivity contribution < 1.29 is 17.9 Å². The molecule has 29 heavy (non-hydrogen) atoms. The molecule has 152 valence electrons. The molecule has 0 amide bonds. The summed E-state index contributed by atoms with van der Waals surface area (Å²) >= 11 is 11.3. The van der Waals surface area contributed by atoms with Gasteiger partial charge in [0.05, 0.1) is 12.2 Å². The molecule has 3 aromatic rings. The van der Waals surface area contributed by atoms with Gasteiger partial charge in [0.2, 0.25) is 0 Å². The number of aromatic nitrogens is 2. The van der Waals surface area contributed by atoms with Gasteiger partial charge in [-0.05, 0) is 54.5 Å². The Morgan fingerprint density at radius 2 is 2.00 bits per heavy atom. The molecule has 3 rings (SSSR count). The van der Waals surface area contributed by atoms with E-state index in [0.29, 0.717) is 28.6 Å². The van der Waals surface area contributed by atoms with Crippen LogP contribution in [0.5, 0.6) is 5.75 Å². The summed E-state index contributed by atoms with van der Waals surface area (Å²) < 4.78 is 44.4. The van der Waals surface area contributed by atoms with Gasteiger partial charge >= 0.3 is 6.61 Å². The Morgan fingerprint density at radius 3 is 2.72 bits per heavy atom. The number of aryl methyl sites for hydroxylation is 1. The van der Waals surface area contributed by atoms with Crippen molar-refractivity contribution in [3.63, 3.8) is 0 Å². The van der Waals surface area contributed by atoms with Gasteiger partial charge < -0.3 is 15.4 Å². The molecule has 1 aromatic heterocycles. The Bertz CT molecular complexity index is 1030. The number of benzene rings is 2. The van der Waals surface area contributed by atoms with E-state index in [4.69, 9.17) is 23.8 Å². The molecule has 0 saturated heterocycles. The minimum Gasteiger partial charge on any atom is -0.433 e. The number of alkyl halides is 2. The number of thiocarbonyl (C=S) groups is 1. The number of halogens is 4. The van der Waals surface area contributed by atoms with Crippen molar-refractivity contribution in [1.82, 2.24) is 9.78 Å². The predicted octanol–water partition coefficient (Wildman–Crippen LogP) is 5.44. The fourth-order valence-electron chi connectivity index (χ4n) is 2.55. The van der Waals surface area contributed by atoms with Crippen molar-refractivity contribution in [2.75, 3.05) is 10.6 Å². The molecule has 2 aromatic carbocycles. The van der Waals surface area contributed by atoms with Crippen molar-refractivity contribution in [2.45, 2.75) is 20.1 Å². The van der Waals surface area contributed by atoms with E-state index in [1.165, 1.54) is 18.2 Å². The Kier molecular flexibility index (Phi) is 6.60. The first-order valence-corrected chi connectivity index (χ1v) is 9.19. The molecule has 2 N–H and O–H groups in total. The van der Waals surface area contributed by atoms with Crippen LogP contribution in [0.25, 0.3) is 0 Å². The third-order valence-electron chi connectivity index (χ3n) is 3.83. The van der Waals surface area contributed by atoms with Crippen molar-refractivity contribution in [1.29, 1.82) is 0 Å². The smallest absolute Gasteiger partial charge is 0.387 e. The lowest BCUT2D eigenvalue weighted by atomic mass is 10.2. The Morgan fingerprint density at radius 1 is 1.21 bits per heavy atom. The first-order chi connectivity index (χ1) is 13.8. The quantitative estimate of drug-likeness (QED) is 0.500. The fraction of sp³-hybridized carbons (Fsp3) is 0.158. The number of hydrogen-bond donors (Lipinski definition) is 2. The lowest BCUT2D eigenvalue weighted by molar-refractivity contribution is -0.0493. The SMILES string of the molecule is Cc1ccc(OC(F)F)c(NC(=S)Nc2ccn(Cc3ccc(F)cc3Cl)n2)c1. The van der Waals surface area contributed by atoms with Gasteiger partial charge in [0.15, 0.2) is 10.9 Å². The molecule has 0 atom stereocenters. The summed E-state index contributed by atoms with van der Waals surface area (Å²) in [5.74, 6) is 0.000259. The molecule has 0 fully saturated rings. The van der Waals surface area contributed by atoms with E-state index in [-0.39, 0.29) is 10.9 Å². The maximum absolute atomic E-state index is 13.1. The van der Waals surface area contributed by atoms with Crippen molar-refractivity contribution in [2.24, 2.45) is 0 Å². The van der Waals surface area contributed by atoms with Gasteiger partial charge in [-0.2, -0.15) is 13.9 Å². The lowest BCUT2D eigenvalue weighted by Crippen LogP contribution is -2.20. The number of hydrogen-bond acceptors (Lipinski definition) is 3. The summed E-state index contributed by atoms with van der Waals surface area (Å²) in [7, 11) is 0. The van der Waals surface area contributed by atoms with E-state index in [1.54, 1.807) is 35.1 Å². The van der Waals surface area contributed by atoms with Gasteiger partial charge in [0.1, 0.15) is 11.6 Å². The molecular weight excluding hydrogens is 425 g/mol. The molecule has 5 nitrogen and oxygen atoms in total. The molecule has 0 saturated carbocycles. The van der Waals surface area contributed by atoms with Gasteiger partial charge in [-0.25, -0.2) is 4.39 Å². The molecule has 0 spiro atoms. The van der Waals surface area contributed by atoms with Crippen LogP contribution < -0.4 is 15.4 Å². The van der Waals surface area contributed by atoms with E-state index < -0.39 is 12.4 Å². The zero-order valence-electron chi connectivity index (χ0n) is 15.1. The van der Waals surface area contributed by atoms with Crippen LogP contribution in [0.1, 0.15) is 11.1 Å². The highest BCUT2D eigenvalue weighted by Gasteiger charge is 2.12. The van der Waals surface area contributed by atoms with Gasteiger partial charge in [0, 0.05) is 17.3 Å². The van der Waals surface area contributed by atoms with Crippen LogP contribution in [-0.4, -0.2) is 21.5 Å². The van der Waals surface area contributed by atoms with Crippen LogP contribution in [0.4, 0.5) is 24.7 Å². The number of nitrogens with zero attached hydrogens (tertiary/aromatic N) is 2. The maximum atomic E-state index is 13.1. The molecule has 1 heterocycles. The largest absolute Gasteiger partial charge is 0.433 e. The predicted molar refractivity (Wildman–Crippen MR) is 110 cm³/mol. The summed E-state index contributed by atoms with van der Waals surface area (Å²) in [6.07, 6.45) is 1.70. The molecule has 0 bridgehead atoms. The third kappa shape index (κ3) is 5.85. The van der Waals surface area contributed by atoms with E-state index in [9.17, 15) is 13.2 Å². The van der Waals surface area contributed by atoms with E-state index in [1.807, 2.05) is 6.92 Å². The summed E-state index contributed by atoms with van der Waals surface area (Å²) in [5, 5.41) is 10.5. The highest BCUT2D eigenvalue weighted by atomic mass is 35.5. The second kappa shape index (κ2) is 9.15. The number of anilines is 2. The maximum Gasteiger partial charge on any atom is 0.387 e. The molecule has 0 radical (unpaired) electrons. The summed E-state index contributed by atoms with van der Waals surface area (Å²) in [4.78, 5) is 0. The van der Waals surface area contributed by atoms with Crippen LogP contribution in [0.15, 0.2) is 48.7 Å². The molecule has 0 unspecified atom stereocenters. The minimum atomic E-state index is -2.95. The molecule has 0 aliphatic heterocycles. The van der Waals surface area contributed by atoms with Crippen LogP contribution >= 0.6 is 23.8 Å². The van der Waals surface area contributed by atoms with Crippen molar-refractivity contribution >= 4 is 40.4 Å². The summed E-state index contributed by atoms with van der Waals surface area (Å²) in [5.41, 5.74) is 1.86. The first kappa shape index (κ1) is 20.9. The van der Waals surface area contributed by atoms with Crippen LogP contribution in [0.3, 0.4) is 0 Å². The topological polar surface area (TPSA) is 51.1 Å². The lowest BCUT2D eigenvalue weighted by Gasteiger charge is -2.14. The highest BCUT2D eigenvalue weighted by Crippen LogP contribution is 2.27. The normalized spacial score (nSPS) is 10.8. The van der Waals surface area contributed by atoms with E-state index >= 15 is 0 Å². The Labute approximate surface area is 175 Å². The molecular formula is C19H16ClF3N4OS. The molecule has 0 aliphatic carbocycles. The minimum absolute atomic E-state index is 0.0220. The zero-order chi connectivity index (χ0) is 21.0. The second-order valence-electron chi connectivity index (χ2n) is 6.09. The third-order valence-corrected chi connectivity index (χ3v) is 4.39. The monoisotopic (exact) mass is 440 g/mol. The molecule has 10 heteroatoms. The van der Waals surface area contributed by atoms with Crippen molar-refractivity contribution in [3.05, 3.63) is 70.6 Å². The van der Waals surface area contributed by atoms with Gasteiger partial charge in [-0.1, -0.05) is 23.7 Å². The van der Waals surface area contributed by atoms with Crippen LogP contribution in [0.2, 0.25) is 5.02 Å². The number of rotatable bonds is 6. The molecule has 0 aliphatic rings. The zero-order valence-corrected chi connectivity index (χ0v) is 16.7. The highest BCUT2D eigenvalue weighted by molar-refractivity contribution is 7.80. The fourth-order valence-corrected chi connectivity index (χ4v) is 2.99. The van der Waals surface area contributed by atoms with E-state index in [0.717, 1.165) is 5.56 Å². The van der Waals surface area contributed by atoms with Gasteiger partial charge in [0.25, 0.3) is 0 Å². The first-order valence-electron chi connectivity index (χ1n) is 8.41. The average Bonchev–Trinajstić information content (AvgIpc) is 3.06. The van der Waals surface area contributed by atoms with E-state index in [2.05, 4.69) is 20.5 Å². The van der Waals surface area contributed by atoms with Gasteiger partial charge in [-0.3, -0.25) is 4.68 Å². The average molecular weight is 441 g/mol. The summed E-state index contributed by atoms with van der Waals surface area (Å²) in [6, 6.07) is 10.6. The second-order valence-corrected chi connectivity index (χ2v) is 6.91. The number of nitrogens with one attached hydrogen (secondary N) is 2. The number of ether oxygens (including phenoxy) is 1. The van der Waals surface area contributed by atoms with Gasteiger partial charge in [-0.15, -0.1) is 0 Å². The standard InChI is InChI=1S/C19H16ClF3N4OS/c1-11-2-5-16(28-18(22)23)15(8-11)24-19(29)25-17-6-7-27(26-17)10-12-3-4-13(21)9-14(12)20/h2-9,18H,10H2,1H3,(H2,24,25,26,29). The van der Waals surface area contributed by atoms with Crippen LogP contribution in [-0.2, 0) is 6.54 Å². The summed E-state index contributed by atoms with van der Waals surface area (Å²) in [6.45, 7) is -0.796. The Balaban J connectivity index is 1.66.